The minimum Gasteiger partial charge on any atom is -0.483 e. The van der Waals surface area contributed by atoms with Crippen molar-refractivity contribution in [2.24, 2.45) is 5.10 Å². The number of halogens is 2. The number of hydrazone groups is 1. The van der Waals surface area contributed by atoms with Crippen molar-refractivity contribution in [3.8, 4) is 5.75 Å². The standard InChI is InChI=1S/C18H18Cl2N2O2/c1-11-7-8-12(2)18(13(11)3)24-10-17(23)22-21-9-14-15(19)5-4-6-16(14)20/h4-9H,10H2,1-3H3,(H,22,23)/b21-9+. The molecule has 1 N–H and O–H groups in total. The van der Waals surface area contributed by atoms with E-state index in [4.69, 9.17) is 27.9 Å². The first kappa shape index (κ1) is 18.3. The van der Waals surface area contributed by atoms with E-state index in [0.717, 1.165) is 22.4 Å². The lowest BCUT2D eigenvalue weighted by Gasteiger charge is -2.13. The molecule has 0 heterocycles. The first-order valence-electron chi connectivity index (χ1n) is 7.35. The summed E-state index contributed by atoms with van der Waals surface area (Å²) in [6.07, 6.45) is 1.41. The number of benzene rings is 2. The summed E-state index contributed by atoms with van der Waals surface area (Å²) in [7, 11) is 0. The van der Waals surface area contributed by atoms with Crippen molar-refractivity contribution in [3.63, 3.8) is 0 Å². The summed E-state index contributed by atoms with van der Waals surface area (Å²) in [5.74, 6) is 0.359. The van der Waals surface area contributed by atoms with Gasteiger partial charge in [-0.3, -0.25) is 4.79 Å². The minimum absolute atomic E-state index is 0.126. The maximum atomic E-state index is 11.9. The molecule has 0 radical (unpaired) electrons. The molecule has 2 aromatic carbocycles. The zero-order chi connectivity index (χ0) is 17.7. The van der Waals surface area contributed by atoms with Gasteiger partial charge in [0.25, 0.3) is 5.91 Å². The lowest BCUT2D eigenvalue weighted by Crippen LogP contribution is -2.25. The Bertz CT molecular complexity index is 769. The van der Waals surface area contributed by atoms with E-state index in [-0.39, 0.29) is 12.5 Å². The molecule has 0 spiro atoms. The molecule has 126 valence electrons. The van der Waals surface area contributed by atoms with Crippen LogP contribution < -0.4 is 10.2 Å². The van der Waals surface area contributed by atoms with Crippen LogP contribution in [-0.2, 0) is 4.79 Å². The first-order valence-corrected chi connectivity index (χ1v) is 8.11. The fraction of sp³-hybridized carbons (Fsp3) is 0.222. The van der Waals surface area contributed by atoms with Crippen LogP contribution in [-0.4, -0.2) is 18.7 Å². The average molecular weight is 365 g/mol. The summed E-state index contributed by atoms with van der Waals surface area (Å²) >= 11 is 12.0. The lowest BCUT2D eigenvalue weighted by molar-refractivity contribution is -0.123. The van der Waals surface area contributed by atoms with Crippen molar-refractivity contribution in [2.45, 2.75) is 20.8 Å². The molecule has 0 unspecified atom stereocenters. The van der Waals surface area contributed by atoms with Crippen LogP contribution in [0.1, 0.15) is 22.3 Å². The van der Waals surface area contributed by atoms with Gasteiger partial charge < -0.3 is 4.74 Å². The summed E-state index contributed by atoms with van der Waals surface area (Å²) in [4.78, 5) is 11.9. The van der Waals surface area contributed by atoms with E-state index in [2.05, 4.69) is 10.5 Å². The van der Waals surface area contributed by atoms with E-state index in [0.29, 0.717) is 15.6 Å². The largest absolute Gasteiger partial charge is 0.483 e. The molecule has 0 atom stereocenters. The number of hydrogen-bond acceptors (Lipinski definition) is 3. The molecule has 4 nitrogen and oxygen atoms in total. The lowest BCUT2D eigenvalue weighted by atomic mass is 10.1. The highest BCUT2D eigenvalue weighted by molar-refractivity contribution is 6.38. The number of hydrogen-bond donors (Lipinski definition) is 1. The Kier molecular flexibility index (Phi) is 6.23. The van der Waals surface area contributed by atoms with Gasteiger partial charge in [-0.05, 0) is 49.6 Å². The number of amides is 1. The number of carbonyl (C=O) groups excluding carboxylic acids is 1. The topological polar surface area (TPSA) is 50.7 Å². The van der Waals surface area contributed by atoms with Gasteiger partial charge in [0, 0.05) is 5.56 Å². The molecule has 2 aromatic rings. The van der Waals surface area contributed by atoms with Crippen LogP contribution in [0.2, 0.25) is 10.0 Å². The molecule has 0 aliphatic heterocycles. The number of carbonyl (C=O) groups is 1. The molecule has 0 saturated carbocycles. The second kappa shape index (κ2) is 8.18. The smallest absolute Gasteiger partial charge is 0.277 e. The molecule has 0 fully saturated rings. The van der Waals surface area contributed by atoms with Crippen LogP contribution in [0.3, 0.4) is 0 Å². The Hall–Kier alpha value is -2.04. The van der Waals surface area contributed by atoms with E-state index >= 15 is 0 Å². The second-order valence-electron chi connectivity index (χ2n) is 5.37. The Morgan fingerprint density at radius 2 is 1.75 bits per heavy atom. The van der Waals surface area contributed by atoms with Gasteiger partial charge in [-0.2, -0.15) is 5.10 Å². The highest BCUT2D eigenvalue weighted by Gasteiger charge is 2.09. The monoisotopic (exact) mass is 364 g/mol. The Morgan fingerprint density at radius 3 is 2.42 bits per heavy atom. The minimum atomic E-state index is -0.366. The third-order valence-electron chi connectivity index (χ3n) is 3.60. The SMILES string of the molecule is Cc1ccc(C)c(OCC(=O)N/N=C/c2c(Cl)cccc2Cl)c1C. The van der Waals surface area contributed by atoms with Crippen molar-refractivity contribution in [2.75, 3.05) is 6.61 Å². The number of nitrogens with zero attached hydrogens (tertiary/aromatic N) is 1. The summed E-state index contributed by atoms with van der Waals surface area (Å²) in [6, 6.07) is 9.12. The van der Waals surface area contributed by atoms with Crippen LogP contribution in [0.4, 0.5) is 0 Å². The molecule has 6 heteroatoms. The molecule has 24 heavy (non-hydrogen) atoms. The maximum Gasteiger partial charge on any atom is 0.277 e. The maximum absolute atomic E-state index is 11.9. The fourth-order valence-electron chi connectivity index (χ4n) is 2.12. The predicted molar refractivity (Wildman–Crippen MR) is 98.3 cm³/mol. The van der Waals surface area contributed by atoms with Crippen molar-refractivity contribution in [1.29, 1.82) is 0 Å². The molecule has 0 aromatic heterocycles. The zero-order valence-corrected chi connectivity index (χ0v) is 15.2. The van der Waals surface area contributed by atoms with E-state index in [1.807, 2.05) is 32.9 Å². The third-order valence-corrected chi connectivity index (χ3v) is 4.26. The third kappa shape index (κ3) is 4.49. The Morgan fingerprint density at radius 1 is 1.12 bits per heavy atom. The molecule has 0 aliphatic carbocycles. The zero-order valence-electron chi connectivity index (χ0n) is 13.7. The highest BCUT2D eigenvalue weighted by Crippen LogP contribution is 2.25. The number of rotatable bonds is 5. The van der Waals surface area contributed by atoms with Crippen LogP contribution in [0.25, 0.3) is 0 Å². The van der Waals surface area contributed by atoms with Gasteiger partial charge in [-0.25, -0.2) is 5.43 Å². The van der Waals surface area contributed by atoms with Crippen molar-refractivity contribution >= 4 is 35.3 Å². The summed E-state index contributed by atoms with van der Waals surface area (Å²) < 4.78 is 5.62. The van der Waals surface area contributed by atoms with Gasteiger partial charge in [0.2, 0.25) is 0 Å². The Labute approximate surface area is 151 Å². The molecule has 2 rings (SSSR count). The molecule has 0 saturated heterocycles. The van der Waals surface area contributed by atoms with Gasteiger partial charge >= 0.3 is 0 Å². The Balaban J connectivity index is 1.95. The van der Waals surface area contributed by atoms with Crippen molar-refractivity contribution in [1.82, 2.24) is 5.43 Å². The quantitative estimate of drug-likeness (QED) is 0.629. The van der Waals surface area contributed by atoms with E-state index in [1.165, 1.54) is 6.21 Å². The normalized spacial score (nSPS) is 10.9. The van der Waals surface area contributed by atoms with Gasteiger partial charge in [-0.15, -0.1) is 0 Å². The second-order valence-corrected chi connectivity index (χ2v) is 6.19. The van der Waals surface area contributed by atoms with Gasteiger partial charge in [0.05, 0.1) is 16.3 Å². The molecular weight excluding hydrogens is 347 g/mol. The summed E-state index contributed by atoms with van der Waals surface area (Å²) in [5, 5.41) is 4.79. The summed E-state index contributed by atoms with van der Waals surface area (Å²) in [5.41, 5.74) is 6.07. The van der Waals surface area contributed by atoms with Crippen molar-refractivity contribution in [3.05, 3.63) is 62.6 Å². The molecular formula is C18H18Cl2N2O2. The van der Waals surface area contributed by atoms with Crippen LogP contribution in [0, 0.1) is 20.8 Å². The fourth-order valence-corrected chi connectivity index (χ4v) is 2.62. The average Bonchev–Trinajstić information content (AvgIpc) is 2.54. The van der Waals surface area contributed by atoms with Crippen LogP contribution in [0.15, 0.2) is 35.4 Å². The molecule has 0 aliphatic rings. The van der Waals surface area contributed by atoms with E-state index in [1.54, 1.807) is 18.2 Å². The molecule has 0 bridgehead atoms. The number of aryl methyl sites for hydroxylation is 2. The number of ether oxygens (including phenoxy) is 1. The van der Waals surface area contributed by atoms with Gasteiger partial charge in [0.1, 0.15) is 5.75 Å². The van der Waals surface area contributed by atoms with Crippen LogP contribution >= 0.6 is 23.2 Å². The van der Waals surface area contributed by atoms with E-state index < -0.39 is 0 Å². The van der Waals surface area contributed by atoms with Gasteiger partial charge in [-0.1, -0.05) is 41.4 Å². The molecule has 1 amide bonds. The summed E-state index contributed by atoms with van der Waals surface area (Å²) in [6.45, 7) is 5.78. The predicted octanol–water partition coefficient (Wildman–Crippen LogP) is 4.45. The first-order chi connectivity index (χ1) is 11.4. The van der Waals surface area contributed by atoms with Gasteiger partial charge in [0.15, 0.2) is 6.61 Å². The number of nitrogens with one attached hydrogen (secondary N) is 1. The highest BCUT2D eigenvalue weighted by atomic mass is 35.5. The van der Waals surface area contributed by atoms with E-state index in [9.17, 15) is 4.79 Å². The van der Waals surface area contributed by atoms with Crippen LogP contribution in [0.5, 0.6) is 5.75 Å². The van der Waals surface area contributed by atoms with Crippen molar-refractivity contribution < 1.29 is 9.53 Å².